The second-order valence-electron chi connectivity index (χ2n) is 5.06. The average molecular weight is 423 g/mol. The van der Waals surface area contributed by atoms with Gasteiger partial charge in [-0.1, -0.05) is 15.9 Å². The van der Waals surface area contributed by atoms with Gasteiger partial charge in [-0.15, -0.1) is 0 Å². The molecule has 0 amide bonds. The molecule has 0 saturated heterocycles. The van der Waals surface area contributed by atoms with Gasteiger partial charge < -0.3 is 18.9 Å². The second-order valence-corrected chi connectivity index (χ2v) is 10.1. The first-order valence-electron chi connectivity index (χ1n) is 7.22. The Hall–Kier alpha value is 0.470. The summed E-state index contributed by atoms with van der Waals surface area (Å²) in [4.78, 5) is 11.4. The van der Waals surface area contributed by atoms with E-state index in [4.69, 9.17) is 29.6 Å². The molecule has 0 rings (SSSR count). The molecular formula is C14H27BrClO5S+. The Labute approximate surface area is 149 Å². The van der Waals surface area contributed by atoms with Crippen LogP contribution in [0.4, 0.5) is 0 Å². The zero-order valence-electron chi connectivity index (χ0n) is 13.6. The Morgan fingerprint density at radius 3 is 1.91 bits per heavy atom. The van der Waals surface area contributed by atoms with E-state index in [-0.39, 0.29) is 22.7 Å². The quantitative estimate of drug-likeness (QED) is 0.186. The molecule has 0 aliphatic heterocycles. The van der Waals surface area contributed by atoms with Gasteiger partial charge in [0.1, 0.15) is 22.9 Å². The molecule has 5 nitrogen and oxygen atoms in total. The van der Waals surface area contributed by atoms with Crippen molar-refractivity contribution >= 4 is 42.7 Å². The van der Waals surface area contributed by atoms with Crippen LogP contribution in [0.2, 0.25) is 0 Å². The molecule has 8 heteroatoms. The number of alkyl halides is 1. The standard InChI is InChI=1S/C14H27BrClO5S/c1-14(2,15)13(17)21-11-10-20-9-8-19-7-6-18-5-4-12-22(3)16/h4-12H2,1-3H3/q+1. The molecule has 0 fully saturated rings. The summed E-state index contributed by atoms with van der Waals surface area (Å²) in [7, 11) is 5.83. The summed E-state index contributed by atoms with van der Waals surface area (Å²) in [6.07, 6.45) is 2.99. The van der Waals surface area contributed by atoms with E-state index in [0.717, 1.165) is 18.8 Å². The maximum atomic E-state index is 11.4. The van der Waals surface area contributed by atoms with Crippen LogP contribution in [0, 0.1) is 0 Å². The van der Waals surface area contributed by atoms with Crippen LogP contribution in [0.5, 0.6) is 0 Å². The zero-order valence-corrected chi connectivity index (χ0v) is 16.7. The Balaban J connectivity index is 3.16. The normalized spacial score (nSPS) is 13.1. The van der Waals surface area contributed by atoms with E-state index in [0.29, 0.717) is 33.0 Å². The molecule has 0 bridgehead atoms. The topological polar surface area (TPSA) is 54.0 Å². The molecule has 0 radical (unpaired) electrons. The maximum absolute atomic E-state index is 11.4. The van der Waals surface area contributed by atoms with Gasteiger partial charge in [0.15, 0.2) is 10.7 Å². The molecule has 0 aromatic heterocycles. The summed E-state index contributed by atoms with van der Waals surface area (Å²) >= 11 is 3.23. The van der Waals surface area contributed by atoms with Gasteiger partial charge in [0.25, 0.3) is 0 Å². The molecule has 0 heterocycles. The van der Waals surface area contributed by atoms with Crippen molar-refractivity contribution in [2.45, 2.75) is 24.6 Å². The Bertz CT molecular complexity index is 287. The predicted octanol–water partition coefficient (Wildman–Crippen LogP) is 2.54. The van der Waals surface area contributed by atoms with Gasteiger partial charge in [0.05, 0.1) is 49.7 Å². The van der Waals surface area contributed by atoms with Crippen LogP contribution in [0.1, 0.15) is 20.3 Å². The molecular weight excluding hydrogens is 396 g/mol. The summed E-state index contributed by atoms with van der Waals surface area (Å²) in [5, 5.41) is 0. The smallest absolute Gasteiger partial charge is 0.322 e. The highest BCUT2D eigenvalue weighted by molar-refractivity contribution is 9.10. The van der Waals surface area contributed by atoms with Crippen LogP contribution in [-0.2, 0) is 33.9 Å². The Morgan fingerprint density at radius 2 is 1.45 bits per heavy atom. The van der Waals surface area contributed by atoms with Gasteiger partial charge in [0.2, 0.25) is 0 Å². The lowest BCUT2D eigenvalue weighted by Crippen LogP contribution is -2.27. The number of hydrogen-bond donors (Lipinski definition) is 0. The highest BCUT2D eigenvalue weighted by Gasteiger charge is 2.25. The first kappa shape index (κ1) is 22.5. The van der Waals surface area contributed by atoms with Crippen LogP contribution in [0.3, 0.4) is 0 Å². The van der Waals surface area contributed by atoms with E-state index in [1.807, 2.05) is 6.26 Å². The average Bonchev–Trinajstić information content (AvgIpc) is 2.42. The van der Waals surface area contributed by atoms with Crippen LogP contribution in [0.25, 0.3) is 0 Å². The summed E-state index contributed by atoms with van der Waals surface area (Å²) in [5.74, 6) is 0.696. The molecule has 0 saturated carbocycles. The minimum absolute atomic E-state index is 0.0277. The highest BCUT2D eigenvalue weighted by Crippen LogP contribution is 2.17. The van der Waals surface area contributed by atoms with Crippen LogP contribution >= 0.6 is 26.6 Å². The third-order valence-corrected chi connectivity index (χ3v) is 4.04. The molecule has 1 unspecified atom stereocenters. The fraction of sp³-hybridized carbons (Fsp3) is 0.929. The lowest BCUT2D eigenvalue weighted by atomic mass is 10.2. The summed E-state index contributed by atoms with van der Waals surface area (Å²) in [5.41, 5.74) is 0. The Kier molecular flexibility index (Phi) is 14.2. The number of hydrogen-bond acceptors (Lipinski definition) is 5. The van der Waals surface area contributed by atoms with E-state index >= 15 is 0 Å². The number of carbonyl (C=O) groups excluding carboxylic acids is 1. The summed E-state index contributed by atoms with van der Waals surface area (Å²) < 4.78 is 20.4. The first-order valence-corrected chi connectivity index (χ1v) is 10.6. The third-order valence-electron chi connectivity index (χ3n) is 2.40. The first-order chi connectivity index (χ1) is 10.3. The Morgan fingerprint density at radius 1 is 1.00 bits per heavy atom. The fourth-order valence-electron chi connectivity index (χ4n) is 1.27. The van der Waals surface area contributed by atoms with Crippen molar-refractivity contribution in [3.05, 3.63) is 0 Å². The minimum Gasteiger partial charge on any atom is -0.462 e. The van der Waals surface area contributed by atoms with Crippen molar-refractivity contribution in [3.8, 4) is 0 Å². The molecule has 0 aromatic carbocycles. The number of carbonyl (C=O) groups is 1. The van der Waals surface area contributed by atoms with Gasteiger partial charge in [-0.3, -0.25) is 4.79 Å². The molecule has 0 aliphatic rings. The van der Waals surface area contributed by atoms with E-state index < -0.39 is 4.32 Å². The van der Waals surface area contributed by atoms with Crippen molar-refractivity contribution in [1.29, 1.82) is 0 Å². The summed E-state index contributed by atoms with van der Waals surface area (Å²) in [6, 6.07) is 0. The van der Waals surface area contributed by atoms with Crippen LogP contribution < -0.4 is 0 Å². The van der Waals surface area contributed by atoms with Crippen molar-refractivity contribution in [3.63, 3.8) is 0 Å². The van der Waals surface area contributed by atoms with E-state index in [1.54, 1.807) is 13.8 Å². The van der Waals surface area contributed by atoms with Crippen molar-refractivity contribution in [1.82, 2.24) is 0 Å². The molecule has 1 atom stereocenters. The lowest BCUT2D eigenvalue weighted by molar-refractivity contribution is -0.147. The molecule has 0 aromatic rings. The third kappa shape index (κ3) is 15.4. The van der Waals surface area contributed by atoms with Crippen LogP contribution in [-0.4, -0.2) is 68.6 Å². The van der Waals surface area contributed by atoms with E-state index in [2.05, 4.69) is 15.9 Å². The van der Waals surface area contributed by atoms with Crippen LogP contribution in [0.15, 0.2) is 0 Å². The van der Waals surface area contributed by atoms with Gasteiger partial charge in [-0.25, -0.2) is 0 Å². The molecule has 0 N–H and O–H groups in total. The van der Waals surface area contributed by atoms with Crippen molar-refractivity contribution < 1.29 is 23.7 Å². The highest BCUT2D eigenvalue weighted by atomic mass is 79.9. The van der Waals surface area contributed by atoms with Gasteiger partial charge in [0, 0.05) is 6.42 Å². The molecule has 132 valence electrons. The van der Waals surface area contributed by atoms with Gasteiger partial charge in [-0.05, 0) is 13.8 Å². The number of rotatable bonds is 14. The zero-order chi connectivity index (χ0) is 16.8. The monoisotopic (exact) mass is 421 g/mol. The van der Waals surface area contributed by atoms with Crippen molar-refractivity contribution in [2.24, 2.45) is 0 Å². The number of ether oxygens (including phenoxy) is 4. The van der Waals surface area contributed by atoms with E-state index in [9.17, 15) is 4.79 Å². The maximum Gasteiger partial charge on any atom is 0.322 e. The SMILES string of the molecule is C[S+](Cl)CCCOCCOCCOCCOC(=O)C(C)(C)Br. The molecule has 0 spiro atoms. The van der Waals surface area contributed by atoms with Gasteiger partial charge >= 0.3 is 5.97 Å². The van der Waals surface area contributed by atoms with Gasteiger partial charge in [-0.2, -0.15) is 0 Å². The van der Waals surface area contributed by atoms with Crippen molar-refractivity contribution in [2.75, 3.05) is 58.3 Å². The largest absolute Gasteiger partial charge is 0.462 e. The lowest BCUT2D eigenvalue weighted by Gasteiger charge is -2.14. The number of esters is 1. The fourth-order valence-corrected chi connectivity index (χ4v) is 2.22. The minimum atomic E-state index is -0.654. The van der Waals surface area contributed by atoms with E-state index in [1.165, 1.54) is 0 Å². The number of halogens is 2. The molecule has 22 heavy (non-hydrogen) atoms. The second kappa shape index (κ2) is 13.9. The summed E-state index contributed by atoms with van der Waals surface area (Å²) in [6.45, 7) is 6.92. The molecule has 0 aliphatic carbocycles. The predicted molar refractivity (Wildman–Crippen MR) is 95.0 cm³/mol.